The molecule has 0 bridgehead atoms. The monoisotopic (exact) mass is 304 g/mol. The predicted octanol–water partition coefficient (Wildman–Crippen LogP) is 2.19. The number of benzene rings is 1. The first-order valence-corrected chi connectivity index (χ1v) is 6.53. The van der Waals surface area contributed by atoms with E-state index in [1.165, 1.54) is 6.07 Å². The van der Waals surface area contributed by atoms with Gasteiger partial charge in [0.2, 0.25) is 5.91 Å². The average Bonchev–Trinajstić information content (AvgIpc) is 2.37. The summed E-state index contributed by atoms with van der Waals surface area (Å²) in [7, 11) is 0. The second-order valence-corrected chi connectivity index (χ2v) is 4.94. The number of rotatable bonds is 3. The zero-order valence-electron chi connectivity index (χ0n) is 11.3. The van der Waals surface area contributed by atoms with E-state index in [1.54, 1.807) is 0 Å². The zero-order valence-corrected chi connectivity index (χ0v) is 12.1. The van der Waals surface area contributed by atoms with Crippen LogP contribution in [0.25, 0.3) is 0 Å². The Labute approximate surface area is 123 Å². The van der Waals surface area contributed by atoms with Gasteiger partial charge in [-0.25, -0.2) is 8.78 Å². The molecular formula is C14H19ClF2N2O. The van der Waals surface area contributed by atoms with Crippen molar-refractivity contribution in [1.82, 2.24) is 10.6 Å². The van der Waals surface area contributed by atoms with Crippen molar-refractivity contribution in [3.8, 4) is 0 Å². The minimum Gasteiger partial charge on any atom is -0.352 e. The lowest BCUT2D eigenvalue weighted by atomic mass is 9.99. The summed E-state index contributed by atoms with van der Waals surface area (Å²) in [5.74, 6) is -1.69. The largest absolute Gasteiger partial charge is 0.352 e. The summed E-state index contributed by atoms with van der Waals surface area (Å²) in [5.41, 5.74) is -0.170. The summed E-state index contributed by atoms with van der Waals surface area (Å²) in [6.45, 7) is 2.93. The molecule has 6 heteroatoms. The summed E-state index contributed by atoms with van der Waals surface area (Å²) in [4.78, 5) is 11.9. The molecule has 0 aliphatic carbocycles. The zero-order chi connectivity index (χ0) is 13.8. The number of carbonyl (C=O) groups excluding carboxylic acids is 1. The van der Waals surface area contributed by atoms with Crippen LogP contribution in [0.15, 0.2) is 18.2 Å². The van der Waals surface area contributed by atoms with Crippen LogP contribution in [0.1, 0.15) is 25.3 Å². The van der Waals surface area contributed by atoms with Crippen molar-refractivity contribution in [2.45, 2.75) is 38.3 Å². The topological polar surface area (TPSA) is 41.1 Å². The lowest BCUT2D eigenvalue weighted by molar-refractivity contribution is -0.121. The van der Waals surface area contributed by atoms with Crippen LogP contribution in [0.3, 0.4) is 0 Å². The smallest absolute Gasteiger partial charge is 0.224 e. The molecule has 1 amide bonds. The van der Waals surface area contributed by atoms with Gasteiger partial charge in [0.05, 0.1) is 6.42 Å². The van der Waals surface area contributed by atoms with Crippen LogP contribution in [-0.4, -0.2) is 24.5 Å². The Bertz CT molecular complexity index is 450. The van der Waals surface area contributed by atoms with Crippen molar-refractivity contribution >= 4 is 18.3 Å². The Morgan fingerprint density at radius 3 is 2.65 bits per heavy atom. The normalized spacial score (nSPS) is 21.9. The number of piperidine rings is 1. The van der Waals surface area contributed by atoms with Gasteiger partial charge in [0.25, 0.3) is 0 Å². The van der Waals surface area contributed by atoms with Crippen molar-refractivity contribution in [3.63, 3.8) is 0 Å². The molecule has 0 spiro atoms. The first-order valence-electron chi connectivity index (χ1n) is 6.53. The van der Waals surface area contributed by atoms with Crippen LogP contribution in [0.4, 0.5) is 8.78 Å². The van der Waals surface area contributed by atoms with Crippen molar-refractivity contribution < 1.29 is 13.6 Å². The number of amides is 1. The SMILES string of the molecule is CC1NCCCC1NC(=O)Cc1c(F)cccc1F.Cl. The lowest BCUT2D eigenvalue weighted by Crippen LogP contribution is -2.52. The van der Waals surface area contributed by atoms with Crippen molar-refractivity contribution in [3.05, 3.63) is 35.4 Å². The van der Waals surface area contributed by atoms with E-state index in [0.29, 0.717) is 0 Å². The van der Waals surface area contributed by atoms with E-state index in [-0.39, 0.29) is 42.4 Å². The molecule has 1 fully saturated rings. The van der Waals surface area contributed by atoms with E-state index in [2.05, 4.69) is 10.6 Å². The lowest BCUT2D eigenvalue weighted by Gasteiger charge is -2.30. The van der Waals surface area contributed by atoms with Gasteiger partial charge in [0.1, 0.15) is 11.6 Å². The summed E-state index contributed by atoms with van der Waals surface area (Å²) in [6, 6.07) is 3.82. The second kappa shape index (κ2) is 7.55. The Kier molecular flexibility index (Phi) is 6.36. The maximum atomic E-state index is 13.4. The Balaban J connectivity index is 0.00000200. The molecule has 1 aromatic carbocycles. The van der Waals surface area contributed by atoms with Gasteiger partial charge >= 0.3 is 0 Å². The average molecular weight is 305 g/mol. The van der Waals surface area contributed by atoms with Crippen LogP contribution in [0.2, 0.25) is 0 Å². The maximum absolute atomic E-state index is 13.4. The van der Waals surface area contributed by atoms with E-state index in [0.717, 1.165) is 31.5 Å². The van der Waals surface area contributed by atoms with Gasteiger partial charge in [-0.3, -0.25) is 4.79 Å². The van der Waals surface area contributed by atoms with Crippen molar-refractivity contribution in [2.75, 3.05) is 6.54 Å². The third-order valence-electron chi connectivity index (χ3n) is 3.51. The van der Waals surface area contributed by atoms with E-state index in [1.807, 2.05) is 6.92 Å². The third kappa shape index (κ3) is 4.15. The van der Waals surface area contributed by atoms with Crippen LogP contribution in [0, 0.1) is 11.6 Å². The molecule has 3 nitrogen and oxygen atoms in total. The number of hydrogen-bond donors (Lipinski definition) is 2. The van der Waals surface area contributed by atoms with Gasteiger partial charge in [-0.15, -0.1) is 12.4 Å². The van der Waals surface area contributed by atoms with Crippen LogP contribution in [0.5, 0.6) is 0 Å². The first kappa shape index (κ1) is 16.9. The predicted molar refractivity (Wildman–Crippen MR) is 75.9 cm³/mol. The number of carbonyl (C=O) groups is 1. The molecule has 1 aliphatic heterocycles. The van der Waals surface area contributed by atoms with Gasteiger partial charge < -0.3 is 10.6 Å². The maximum Gasteiger partial charge on any atom is 0.224 e. The standard InChI is InChI=1S/C14H18F2N2O.ClH/c1-9-13(6-3-7-17-9)18-14(19)8-10-11(15)4-2-5-12(10)16;/h2,4-5,9,13,17H,3,6-8H2,1H3,(H,18,19);1H. The van der Waals surface area contributed by atoms with Crippen molar-refractivity contribution in [2.24, 2.45) is 0 Å². The molecular weight excluding hydrogens is 286 g/mol. The van der Waals surface area contributed by atoms with Gasteiger partial charge in [-0.05, 0) is 38.4 Å². The Morgan fingerprint density at radius 2 is 2.05 bits per heavy atom. The molecule has 2 unspecified atom stereocenters. The molecule has 0 radical (unpaired) electrons. The minimum absolute atomic E-state index is 0. The van der Waals surface area contributed by atoms with Crippen LogP contribution in [-0.2, 0) is 11.2 Å². The quantitative estimate of drug-likeness (QED) is 0.899. The van der Waals surface area contributed by atoms with Crippen LogP contribution < -0.4 is 10.6 Å². The fourth-order valence-corrected chi connectivity index (χ4v) is 2.36. The molecule has 1 saturated heterocycles. The molecule has 1 aromatic rings. The highest BCUT2D eigenvalue weighted by Gasteiger charge is 2.23. The van der Waals surface area contributed by atoms with E-state index < -0.39 is 11.6 Å². The summed E-state index contributed by atoms with van der Waals surface area (Å²) < 4.78 is 26.9. The molecule has 2 N–H and O–H groups in total. The molecule has 2 rings (SSSR count). The van der Waals surface area contributed by atoms with Gasteiger partial charge in [-0.2, -0.15) is 0 Å². The number of nitrogens with one attached hydrogen (secondary N) is 2. The molecule has 2 atom stereocenters. The van der Waals surface area contributed by atoms with Gasteiger partial charge in [-0.1, -0.05) is 6.07 Å². The molecule has 20 heavy (non-hydrogen) atoms. The first-order chi connectivity index (χ1) is 9.08. The molecule has 1 aliphatic rings. The van der Waals surface area contributed by atoms with E-state index >= 15 is 0 Å². The highest BCUT2D eigenvalue weighted by Crippen LogP contribution is 2.13. The Hall–Kier alpha value is -1.20. The van der Waals surface area contributed by atoms with Crippen molar-refractivity contribution in [1.29, 1.82) is 0 Å². The second-order valence-electron chi connectivity index (χ2n) is 4.94. The number of halogens is 3. The molecule has 1 heterocycles. The fourth-order valence-electron chi connectivity index (χ4n) is 2.36. The fraction of sp³-hybridized carbons (Fsp3) is 0.500. The molecule has 0 aromatic heterocycles. The molecule has 112 valence electrons. The van der Waals surface area contributed by atoms with E-state index in [9.17, 15) is 13.6 Å². The van der Waals surface area contributed by atoms with Gasteiger partial charge in [0, 0.05) is 17.6 Å². The van der Waals surface area contributed by atoms with E-state index in [4.69, 9.17) is 0 Å². The third-order valence-corrected chi connectivity index (χ3v) is 3.51. The highest BCUT2D eigenvalue weighted by atomic mass is 35.5. The van der Waals surface area contributed by atoms with Gasteiger partial charge in [0.15, 0.2) is 0 Å². The van der Waals surface area contributed by atoms with Crippen LogP contribution >= 0.6 is 12.4 Å². The summed E-state index contributed by atoms with van der Waals surface area (Å²) in [5, 5.41) is 6.10. The minimum atomic E-state index is -0.676. The summed E-state index contributed by atoms with van der Waals surface area (Å²) in [6.07, 6.45) is 1.62. The summed E-state index contributed by atoms with van der Waals surface area (Å²) >= 11 is 0. The Morgan fingerprint density at radius 1 is 1.40 bits per heavy atom. The number of hydrogen-bond acceptors (Lipinski definition) is 2. The molecule has 0 saturated carbocycles. The highest BCUT2D eigenvalue weighted by molar-refractivity contribution is 5.85.